The van der Waals surface area contributed by atoms with E-state index in [9.17, 15) is 58.2 Å². The number of guanidine groups is 1. The Morgan fingerprint density at radius 3 is 1.96 bits per heavy atom. The van der Waals surface area contributed by atoms with Crippen LogP contribution in [0.3, 0.4) is 0 Å². The summed E-state index contributed by atoms with van der Waals surface area (Å²) >= 11 is 4.07. The number of ketones is 3. The van der Waals surface area contributed by atoms with Gasteiger partial charge in [-0.3, -0.25) is 52.9 Å². The molecule has 22 nitrogen and oxygen atoms in total. The Kier molecular flexibility index (Phi) is 28.5. The molecule has 12 N–H and O–H groups in total. The van der Waals surface area contributed by atoms with Gasteiger partial charge in [0, 0.05) is 70.6 Å². The van der Waals surface area contributed by atoms with Crippen molar-refractivity contribution in [3.8, 4) is 5.75 Å². The maximum Gasteiger partial charge on any atom is 0.306 e. The number of nitrogens with one attached hydrogen (secondary N) is 4. The van der Waals surface area contributed by atoms with Crippen LogP contribution in [0.25, 0.3) is 0 Å². The molecule has 0 spiro atoms. The minimum absolute atomic E-state index is 0.00363. The van der Waals surface area contributed by atoms with Gasteiger partial charge in [-0.2, -0.15) is 12.6 Å². The molecule has 79 heavy (non-hydrogen) atoms. The number of carboxylic acid groups (broad SMARTS) is 1. The largest absolute Gasteiger partial charge is 0.508 e. The molecule has 0 aromatic heterocycles. The monoisotopic (exact) mass is 1130 g/mol. The molecule has 8 atom stereocenters. The number of carboxylic acids is 1. The number of amides is 6. The second kappa shape index (κ2) is 33.5. The Morgan fingerprint density at radius 1 is 0.759 bits per heavy atom. The zero-order chi connectivity index (χ0) is 59.0. The number of rotatable bonds is 35. The summed E-state index contributed by atoms with van der Waals surface area (Å²) in [4.78, 5) is 144. The third-order valence-electron chi connectivity index (χ3n) is 14.5. The van der Waals surface area contributed by atoms with Crippen molar-refractivity contribution in [1.29, 1.82) is 0 Å². The number of phenolic OH excluding ortho intramolecular Hbond substituents is 1. The summed E-state index contributed by atoms with van der Waals surface area (Å²) in [5.41, 5.74) is 16.9. The van der Waals surface area contributed by atoms with E-state index in [1.54, 1.807) is 32.9 Å². The minimum Gasteiger partial charge on any atom is -0.508 e. The molecule has 3 rings (SSSR count). The zero-order valence-corrected chi connectivity index (χ0v) is 48.2. The summed E-state index contributed by atoms with van der Waals surface area (Å²) in [5.74, 6) is -7.94. The lowest BCUT2D eigenvalue weighted by atomic mass is 9.80. The Hall–Kier alpha value is -6.10. The summed E-state index contributed by atoms with van der Waals surface area (Å²) in [7, 11) is 0. The molecule has 2 aliphatic rings. The highest BCUT2D eigenvalue weighted by atomic mass is 32.1. The molecule has 23 heteroatoms. The van der Waals surface area contributed by atoms with Gasteiger partial charge in [0.1, 0.15) is 17.8 Å². The number of phenols is 1. The maximum absolute atomic E-state index is 14.8. The highest BCUT2D eigenvalue weighted by Crippen LogP contribution is 2.30. The Balaban J connectivity index is 1.88. The van der Waals surface area contributed by atoms with Crippen LogP contribution < -0.4 is 38.5 Å². The molecular formula is C56H90N10O12S. The number of benzene rings is 1. The fourth-order valence-electron chi connectivity index (χ4n) is 10.4. The standard InChI is InChI=1S/C56H90N10O12S/c1-34(2)29-39(54(77)78)33-47(71)49(56(4,5)6)64-50(73)38(30-36-18-20-40(68)21-19-36)32-46(70)43-16-11-26-65(43)52(75)37(13-10-25-61-55(58)59)31-45(69)41(15-9-23-57)63-51(74)44-17-12-27-66(44)53(76)42(62-35(3)67)14-7-8-24-60-48(72)22-28-79/h18-21,34,37-39,41-44,49,68,79H,7-17,22-33,57H2,1-6H3,(H,60,72)(H,62,67)(H,63,74)(H,64,73)(H,77,78)(H4,58,59,61)/t37-,38-,39-,41+,42+,43+,44+,49-/m1/s1. The van der Waals surface area contributed by atoms with Crippen molar-refractivity contribution in [2.75, 3.05) is 38.5 Å². The van der Waals surface area contributed by atoms with E-state index in [0.29, 0.717) is 56.4 Å². The minimum atomic E-state index is -1.12. The number of aromatic hydroxyl groups is 1. The van der Waals surface area contributed by atoms with E-state index < -0.39 is 106 Å². The van der Waals surface area contributed by atoms with Crippen molar-refractivity contribution in [2.24, 2.45) is 51.3 Å². The van der Waals surface area contributed by atoms with Crippen molar-refractivity contribution < 1.29 is 58.2 Å². The third kappa shape index (κ3) is 22.9. The SMILES string of the molecule is CC(=O)N[C@@H](CCCCNC(=O)CCS)C(=O)N1CCC[C@H]1C(=O)N[C@@H](CCCN)C(=O)C[C@@H](CCCN=C(N)N)C(=O)N1CCC[C@H]1C(=O)C[C@@H](Cc1ccc(O)cc1)C(=O)N[C@H](C(=O)C[C@@H](CC(C)C)C(=O)O)C(C)(C)C. The molecule has 2 heterocycles. The molecule has 2 aliphatic heterocycles. The van der Waals surface area contributed by atoms with Gasteiger partial charge in [-0.05, 0) is 125 Å². The number of aliphatic carboxylic acids is 1. The van der Waals surface area contributed by atoms with Gasteiger partial charge in [0.2, 0.25) is 35.4 Å². The smallest absolute Gasteiger partial charge is 0.306 e. The van der Waals surface area contributed by atoms with Crippen LogP contribution in [-0.4, -0.2) is 153 Å². The molecule has 6 amide bonds. The van der Waals surface area contributed by atoms with Crippen molar-refractivity contribution in [3.05, 3.63) is 29.8 Å². The molecule has 0 unspecified atom stereocenters. The fourth-order valence-corrected chi connectivity index (χ4v) is 10.6. The highest BCUT2D eigenvalue weighted by Gasteiger charge is 2.43. The summed E-state index contributed by atoms with van der Waals surface area (Å²) in [6.07, 6.45) is 3.23. The van der Waals surface area contributed by atoms with Gasteiger partial charge in [0.15, 0.2) is 23.3 Å². The molecule has 1 aromatic rings. The van der Waals surface area contributed by atoms with E-state index in [-0.39, 0.29) is 120 Å². The van der Waals surface area contributed by atoms with Crippen molar-refractivity contribution in [2.45, 2.75) is 181 Å². The van der Waals surface area contributed by atoms with Crippen LogP contribution in [0.5, 0.6) is 5.75 Å². The summed E-state index contributed by atoms with van der Waals surface area (Å²) in [5, 5.41) is 31.2. The lowest BCUT2D eigenvalue weighted by Gasteiger charge is -2.33. The molecule has 1 aromatic carbocycles. The van der Waals surface area contributed by atoms with Gasteiger partial charge >= 0.3 is 5.97 Å². The highest BCUT2D eigenvalue weighted by molar-refractivity contribution is 7.80. The Bertz CT molecular complexity index is 2270. The summed E-state index contributed by atoms with van der Waals surface area (Å²) in [6, 6.07) is 1.05. The normalized spacial score (nSPS) is 17.6. The van der Waals surface area contributed by atoms with Crippen molar-refractivity contribution in [1.82, 2.24) is 31.1 Å². The van der Waals surface area contributed by atoms with Gasteiger partial charge in [-0.15, -0.1) is 0 Å². The van der Waals surface area contributed by atoms with E-state index in [2.05, 4.69) is 38.9 Å². The fraction of sp³-hybridized carbons (Fsp3) is 0.696. The first-order chi connectivity index (χ1) is 37.3. The van der Waals surface area contributed by atoms with Gasteiger partial charge in [-0.1, -0.05) is 46.8 Å². The number of carbonyl (C=O) groups excluding carboxylic acids is 9. The number of nitrogens with zero attached hydrogens (tertiary/aromatic N) is 3. The molecule has 2 saturated heterocycles. The average Bonchev–Trinajstić information content (AvgIpc) is 4.08. The number of aliphatic imine (C=N–C) groups is 1. The maximum atomic E-state index is 14.8. The van der Waals surface area contributed by atoms with E-state index in [0.717, 1.165) is 0 Å². The molecule has 0 bridgehead atoms. The van der Waals surface area contributed by atoms with Crippen LogP contribution in [-0.2, 0) is 54.4 Å². The second-order valence-corrected chi connectivity index (χ2v) is 23.1. The van der Waals surface area contributed by atoms with E-state index in [1.807, 2.05) is 13.8 Å². The number of unbranched alkanes of at least 4 members (excludes halogenated alkanes) is 1. The quantitative estimate of drug-likeness (QED) is 0.0202. The number of likely N-dealkylation sites (tertiary alicyclic amines) is 2. The molecular weight excluding hydrogens is 1040 g/mol. The molecule has 0 aliphatic carbocycles. The summed E-state index contributed by atoms with van der Waals surface area (Å²) in [6.45, 7) is 11.4. The van der Waals surface area contributed by atoms with Crippen molar-refractivity contribution in [3.63, 3.8) is 0 Å². The first-order valence-corrected chi connectivity index (χ1v) is 28.6. The number of nitrogens with two attached hydrogens (primary N) is 3. The van der Waals surface area contributed by atoms with E-state index in [1.165, 1.54) is 28.9 Å². The van der Waals surface area contributed by atoms with Gasteiger partial charge in [0.25, 0.3) is 0 Å². The molecule has 2 fully saturated rings. The second-order valence-electron chi connectivity index (χ2n) is 22.6. The lowest BCUT2D eigenvalue weighted by Crippen LogP contribution is -2.55. The molecule has 0 radical (unpaired) electrons. The average molecular weight is 1130 g/mol. The van der Waals surface area contributed by atoms with Crippen LogP contribution in [0.15, 0.2) is 29.3 Å². The van der Waals surface area contributed by atoms with Crippen LogP contribution >= 0.6 is 12.6 Å². The molecule has 442 valence electrons. The van der Waals surface area contributed by atoms with Gasteiger partial charge in [-0.25, -0.2) is 0 Å². The van der Waals surface area contributed by atoms with Crippen molar-refractivity contribution >= 4 is 77.4 Å². The summed E-state index contributed by atoms with van der Waals surface area (Å²) < 4.78 is 0. The third-order valence-corrected chi connectivity index (χ3v) is 14.7. The number of thiol groups is 1. The number of Topliss-reactive ketones (excluding diaryl/α,β-unsaturated/α-hetero) is 3. The van der Waals surface area contributed by atoms with Crippen LogP contribution in [0.1, 0.15) is 150 Å². The van der Waals surface area contributed by atoms with Crippen LogP contribution in [0.2, 0.25) is 0 Å². The van der Waals surface area contributed by atoms with Gasteiger partial charge < -0.3 is 58.5 Å². The number of carbonyl (C=O) groups is 10. The predicted octanol–water partition coefficient (Wildman–Crippen LogP) is 2.69. The predicted molar refractivity (Wildman–Crippen MR) is 302 cm³/mol. The topological polar surface area (TPSA) is 356 Å². The molecule has 0 saturated carbocycles. The van der Waals surface area contributed by atoms with Crippen LogP contribution in [0.4, 0.5) is 0 Å². The van der Waals surface area contributed by atoms with E-state index >= 15 is 0 Å². The first kappa shape index (κ1) is 67.2. The first-order valence-electron chi connectivity index (χ1n) is 28.0. The Labute approximate surface area is 471 Å². The zero-order valence-electron chi connectivity index (χ0n) is 47.3. The lowest BCUT2D eigenvalue weighted by molar-refractivity contribution is -0.145. The van der Waals surface area contributed by atoms with Gasteiger partial charge in [0.05, 0.1) is 24.0 Å². The Morgan fingerprint density at radius 2 is 1.38 bits per heavy atom. The number of hydrogen-bond donors (Lipinski definition) is 10. The number of hydrogen-bond acceptors (Lipinski definition) is 14. The van der Waals surface area contributed by atoms with E-state index in [4.69, 9.17) is 17.2 Å². The van der Waals surface area contributed by atoms with Crippen LogP contribution in [0, 0.1) is 29.1 Å².